The summed E-state index contributed by atoms with van der Waals surface area (Å²) in [5.74, 6) is 0.413. The van der Waals surface area contributed by atoms with Gasteiger partial charge >= 0.3 is 0 Å². The summed E-state index contributed by atoms with van der Waals surface area (Å²) in [6.45, 7) is 1.60. The standard InChI is InChI=1S/C20H21FN6O/c21-3-8-27-6-1-14(2-7-27)20(28)26-19-10-15-9-17(18-13-22-4-5-23-18)24-11-16(15)12-25-19/h4-5,9-14H,1-3,6-8H2,(H,25,26,28). The number of hydrogen-bond donors (Lipinski definition) is 1. The van der Waals surface area contributed by atoms with Gasteiger partial charge in [-0.3, -0.25) is 19.7 Å². The molecule has 1 aliphatic rings. The summed E-state index contributed by atoms with van der Waals surface area (Å²) < 4.78 is 12.4. The molecule has 0 aromatic carbocycles. The van der Waals surface area contributed by atoms with Gasteiger partial charge in [0.15, 0.2) is 0 Å². The molecule has 1 N–H and O–H groups in total. The number of pyridine rings is 2. The van der Waals surface area contributed by atoms with Crippen molar-refractivity contribution in [3.8, 4) is 11.4 Å². The van der Waals surface area contributed by atoms with Gasteiger partial charge in [0, 0.05) is 42.6 Å². The Morgan fingerprint density at radius 3 is 2.61 bits per heavy atom. The van der Waals surface area contributed by atoms with Gasteiger partial charge in [-0.05, 0) is 43.5 Å². The van der Waals surface area contributed by atoms with E-state index in [-0.39, 0.29) is 18.5 Å². The molecule has 3 aromatic rings. The molecule has 4 rings (SSSR count). The maximum atomic E-state index is 12.6. The van der Waals surface area contributed by atoms with Crippen molar-refractivity contribution in [1.29, 1.82) is 0 Å². The average molecular weight is 380 g/mol. The van der Waals surface area contributed by atoms with Gasteiger partial charge in [0.2, 0.25) is 5.91 Å². The van der Waals surface area contributed by atoms with Crippen LogP contribution in [0.3, 0.4) is 0 Å². The molecule has 0 bridgehead atoms. The summed E-state index contributed by atoms with van der Waals surface area (Å²) in [5.41, 5.74) is 1.40. The van der Waals surface area contributed by atoms with E-state index in [2.05, 4.69) is 30.2 Å². The van der Waals surface area contributed by atoms with E-state index < -0.39 is 0 Å². The number of carbonyl (C=O) groups is 1. The van der Waals surface area contributed by atoms with Gasteiger partial charge < -0.3 is 10.2 Å². The number of nitrogens with one attached hydrogen (secondary N) is 1. The minimum atomic E-state index is -0.344. The summed E-state index contributed by atoms with van der Waals surface area (Å²) in [7, 11) is 0. The molecule has 1 fully saturated rings. The first-order chi connectivity index (χ1) is 13.7. The third-order valence-corrected chi connectivity index (χ3v) is 5.04. The van der Waals surface area contributed by atoms with Gasteiger partial charge in [-0.25, -0.2) is 9.37 Å². The first kappa shape index (κ1) is 18.4. The van der Waals surface area contributed by atoms with Gasteiger partial charge in [-0.2, -0.15) is 0 Å². The fourth-order valence-electron chi connectivity index (χ4n) is 3.44. The van der Waals surface area contributed by atoms with Crippen LogP contribution in [0.2, 0.25) is 0 Å². The Morgan fingerprint density at radius 1 is 1.04 bits per heavy atom. The summed E-state index contributed by atoms with van der Waals surface area (Å²) in [4.78, 5) is 31.7. The molecular weight excluding hydrogens is 359 g/mol. The molecule has 1 saturated heterocycles. The molecule has 0 spiro atoms. The van der Waals surface area contributed by atoms with Crippen LogP contribution in [0.15, 0.2) is 43.1 Å². The number of aromatic nitrogens is 4. The zero-order valence-electron chi connectivity index (χ0n) is 15.4. The van der Waals surface area contributed by atoms with Crippen LogP contribution >= 0.6 is 0 Å². The van der Waals surface area contributed by atoms with Crippen molar-refractivity contribution in [1.82, 2.24) is 24.8 Å². The molecule has 1 amide bonds. The number of rotatable bonds is 5. The van der Waals surface area contributed by atoms with E-state index in [1.807, 2.05) is 12.1 Å². The quantitative estimate of drug-likeness (QED) is 0.733. The van der Waals surface area contributed by atoms with Crippen LogP contribution in [-0.4, -0.2) is 57.1 Å². The summed E-state index contributed by atoms with van der Waals surface area (Å²) in [6.07, 6.45) is 9.80. The van der Waals surface area contributed by atoms with Crippen molar-refractivity contribution in [2.75, 3.05) is 31.6 Å². The van der Waals surface area contributed by atoms with Crippen LogP contribution in [-0.2, 0) is 4.79 Å². The molecule has 0 radical (unpaired) electrons. The van der Waals surface area contributed by atoms with E-state index >= 15 is 0 Å². The molecule has 0 unspecified atom stereocenters. The van der Waals surface area contributed by atoms with Crippen molar-refractivity contribution in [2.45, 2.75) is 12.8 Å². The maximum absolute atomic E-state index is 12.6. The van der Waals surface area contributed by atoms with Crippen molar-refractivity contribution in [3.63, 3.8) is 0 Å². The van der Waals surface area contributed by atoms with Crippen molar-refractivity contribution < 1.29 is 9.18 Å². The minimum absolute atomic E-state index is 0.0324. The summed E-state index contributed by atoms with van der Waals surface area (Å²) in [6, 6.07) is 3.75. The highest BCUT2D eigenvalue weighted by Gasteiger charge is 2.25. The molecule has 28 heavy (non-hydrogen) atoms. The predicted octanol–water partition coefficient (Wildman–Crippen LogP) is 2.71. The van der Waals surface area contributed by atoms with Crippen LogP contribution in [0.1, 0.15) is 12.8 Å². The summed E-state index contributed by atoms with van der Waals surface area (Å²) in [5, 5.41) is 4.71. The number of likely N-dealkylation sites (tertiary alicyclic amines) is 1. The number of amides is 1. The van der Waals surface area contributed by atoms with E-state index in [0.717, 1.165) is 36.7 Å². The lowest BCUT2D eigenvalue weighted by molar-refractivity contribution is -0.121. The molecule has 7 nitrogen and oxygen atoms in total. The molecule has 4 heterocycles. The number of alkyl halides is 1. The lowest BCUT2D eigenvalue weighted by Gasteiger charge is -2.30. The zero-order chi connectivity index (χ0) is 19.3. The smallest absolute Gasteiger partial charge is 0.228 e. The molecule has 3 aromatic heterocycles. The number of nitrogens with zero attached hydrogens (tertiary/aromatic N) is 5. The van der Waals surface area contributed by atoms with E-state index in [1.54, 1.807) is 31.0 Å². The Balaban J connectivity index is 1.47. The van der Waals surface area contributed by atoms with E-state index in [0.29, 0.717) is 23.8 Å². The SMILES string of the molecule is O=C(Nc1cc2cc(-c3cnccn3)ncc2cn1)C1CCN(CCF)CC1. The Morgan fingerprint density at radius 2 is 1.86 bits per heavy atom. The lowest BCUT2D eigenvalue weighted by atomic mass is 9.96. The van der Waals surface area contributed by atoms with Crippen molar-refractivity contribution in [2.24, 2.45) is 5.92 Å². The van der Waals surface area contributed by atoms with Crippen LogP contribution in [0, 0.1) is 5.92 Å². The van der Waals surface area contributed by atoms with Crippen LogP contribution < -0.4 is 5.32 Å². The second-order valence-electron chi connectivity index (χ2n) is 6.87. The number of fused-ring (bicyclic) bond motifs is 1. The van der Waals surface area contributed by atoms with Crippen LogP contribution in [0.5, 0.6) is 0 Å². The number of halogens is 1. The number of piperidine rings is 1. The first-order valence-electron chi connectivity index (χ1n) is 9.34. The van der Waals surface area contributed by atoms with Gasteiger partial charge in [-0.15, -0.1) is 0 Å². The molecule has 0 saturated carbocycles. The highest BCUT2D eigenvalue weighted by Crippen LogP contribution is 2.23. The van der Waals surface area contributed by atoms with Gasteiger partial charge in [-0.1, -0.05) is 0 Å². The summed E-state index contributed by atoms with van der Waals surface area (Å²) >= 11 is 0. The number of anilines is 1. The van der Waals surface area contributed by atoms with Crippen LogP contribution in [0.4, 0.5) is 10.2 Å². The Kier molecular flexibility index (Phi) is 5.48. The number of hydrogen-bond acceptors (Lipinski definition) is 6. The van der Waals surface area contributed by atoms with Gasteiger partial charge in [0.05, 0.1) is 11.9 Å². The average Bonchev–Trinajstić information content (AvgIpc) is 2.74. The topological polar surface area (TPSA) is 83.9 Å². The lowest BCUT2D eigenvalue weighted by Crippen LogP contribution is -2.39. The van der Waals surface area contributed by atoms with E-state index in [9.17, 15) is 9.18 Å². The third-order valence-electron chi connectivity index (χ3n) is 5.04. The normalized spacial score (nSPS) is 15.6. The van der Waals surface area contributed by atoms with Crippen molar-refractivity contribution >= 4 is 22.5 Å². The fourth-order valence-corrected chi connectivity index (χ4v) is 3.44. The molecule has 1 aliphatic heterocycles. The maximum Gasteiger partial charge on any atom is 0.228 e. The van der Waals surface area contributed by atoms with Crippen LogP contribution in [0.25, 0.3) is 22.2 Å². The number of carbonyl (C=O) groups excluding carboxylic acids is 1. The van der Waals surface area contributed by atoms with E-state index in [1.165, 1.54) is 0 Å². The molecule has 144 valence electrons. The molecular formula is C20H21FN6O. The Hall–Kier alpha value is -3.00. The van der Waals surface area contributed by atoms with Gasteiger partial charge in [0.25, 0.3) is 0 Å². The monoisotopic (exact) mass is 380 g/mol. The van der Waals surface area contributed by atoms with E-state index in [4.69, 9.17) is 0 Å². The first-order valence-corrected chi connectivity index (χ1v) is 9.34. The Labute approximate surface area is 162 Å². The second kappa shape index (κ2) is 8.35. The highest BCUT2D eigenvalue weighted by atomic mass is 19.1. The highest BCUT2D eigenvalue weighted by molar-refractivity contribution is 5.94. The minimum Gasteiger partial charge on any atom is -0.310 e. The van der Waals surface area contributed by atoms with Gasteiger partial charge in [0.1, 0.15) is 18.2 Å². The van der Waals surface area contributed by atoms with Crippen molar-refractivity contribution in [3.05, 3.63) is 43.1 Å². The predicted molar refractivity (Wildman–Crippen MR) is 104 cm³/mol. The molecule has 0 aliphatic carbocycles. The molecule has 0 atom stereocenters. The zero-order valence-corrected chi connectivity index (χ0v) is 15.4. The molecule has 8 heteroatoms. The second-order valence-corrected chi connectivity index (χ2v) is 6.87. The Bertz CT molecular complexity index is 959. The largest absolute Gasteiger partial charge is 0.310 e. The fraction of sp³-hybridized carbons (Fsp3) is 0.350. The third kappa shape index (κ3) is 4.12.